The van der Waals surface area contributed by atoms with Gasteiger partial charge in [0.25, 0.3) is 11.8 Å². The van der Waals surface area contributed by atoms with E-state index in [-0.39, 0.29) is 37.7 Å². The number of nitrogens with two attached hydrogens (primary N) is 1. The minimum atomic E-state index is -1.40. The third-order valence-corrected chi connectivity index (χ3v) is 9.28. The summed E-state index contributed by atoms with van der Waals surface area (Å²) in [6.07, 6.45) is -2.46. The van der Waals surface area contributed by atoms with Gasteiger partial charge in [0.15, 0.2) is 0 Å². The Morgan fingerprint density at radius 1 is 0.724 bits per heavy atom. The van der Waals surface area contributed by atoms with Crippen LogP contribution in [-0.2, 0) is 38.7 Å². The fourth-order valence-electron chi connectivity index (χ4n) is 6.23. The second kappa shape index (κ2) is 21.0. The van der Waals surface area contributed by atoms with Crippen molar-refractivity contribution < 1.29 is 33.8 Å². The summed E-state index contributed by atoms with van der Waals surface area (Å²) in [6, 6.07) is 34.6. The van der Waals surface area contributed by atoms with Crippen LogP contribution < -0.4 is 27.1 Å². The SMILES string of the molecule is CC(C)[C@H](NC(=O)OCc1ccccc1)C(=O)NN(Cc1ccccc1)CC(O)C(Cc1ccccc1)NC(=O)[C@H](CC(N)=O)NC(=O)c1ccc2ccccc2n1. The van der Waals surface area contributed by atoms with E-state index in [2.05, 4.69) is 26.4 Å². The highest BCUT2D eigenvalue weighted by atomic mass is 16.5. The van der Waals surface area contributed by atoms with E-state index in [0.717, 1.165) is 22.1 Å². The van der Waals surface area contributed by atoms with E-state index >= 15 is 0 Å². The third-order valence-electron chi connectivity index (χ3n) is 9.28. The average molecular weight is 788 g/mol. The molecule has 2 unspecified atom stereocenters. The van der Waals surface area contributed by atoms with Crippen molar-refractivity contribution in [1.29, 1.82) is 0 Å². The van der Waals surface area contributed by atoms with E-state index in [0.29, 0.717) is 5.52 Å². The molecule has 0 aliphatic rings. The minimum absolute atomic E-state index is 0.0181. The summed E-state index contributed by atoms with van der Waals surface area (Å²) in [4.78, 5) is 70.5. The number of hydrazine groups is 1. The van der Waals surface area contributed by atoms with Crippen molar-refractivity contribution in [1.82, 2.24) is 31.4 Å². The van der Waals surface area contributed by atoms with Gasteiger partial charge in [-0.2, -0.15) is 0 Å². The van der Waals surface area contributed by atoms with Crippen LogP contribution in [0, 0.1) is 5.92 Å². The van der Waals surface area contributed by atoms with Gasteiger partial charge >= 0.3 is 6.09 Å². The van der Waals surface area contributed by atoms with Gasteiger partial charge in [-0.1, -0.05) is 129 Å². The summed E-state index contributed by atoms with van der Waals surface area (Å²) in [6.45, 7) is 3.54. The molecule has 5 amide bonds. The Bertz CT molecular complexity index is 2140. The van der Waals surface area contributed by atoms with Crippen molar-refractivity contribution in [3.8, 4) is 0 Å². The summed E-state index contributed by atoms with van der Waals surface area (Å²) in [7, 11) is 0. The molecule has 4 aromatic carbocycles. The second-order valence-electron chi connectivity index (χ2n) is 14.2. The Kier molecular flexibility index (Phi) is 15.4. The Morgan fingerprint density at radius 2 is 1.33 bits per heavy atom. The second-order valence-corrected chi connectivity index (χ2v) is 14.2. The Balaban J connectivity index is 1.33. The highest BCUT2D eigenvalue weighted by molar-refractivity contribution is 5.99. The molecule has 0 fully saturated rings. The van der Waals surface area contributed by atoms with Crippen LogP contribution in [-0.4, -0.2) is 75.6 Å². The monoisotopic (exact) mass is 787 g/mol. The molecule has 14 nitrogen and oxygen atoms in total. The molecule has 4 atom stereocenters. The van der Waals surface area contributed by atoms with Gasteiger partial charge in [0.05, 0.1) is 24.1 Å². The summed E-state index contributed by atoms with van der Waals surface area (Å²) in [5.41, 5.74) is 11.4. The standard InChI is InChI=1S/C44H49N7O7/c1-29(2)40(49-44(57)58-28-32-18-10-5-11-19-32)43(56)50-51(26-31-16-8-4-9-17-31)27-38(52)36(24-30-14-6-3-7-15-30)47-42(55)37(25-39(45)53)48-41(54)35-23-22-33-20-12-13-21-34(33)46-35/h3-23,29,36-38,40,52H,24-28H2,1-2H3,(H2,45,53)(H,47,55)(H,48,54)(H,49,57)(H,50,56)/t36?,37-,38?,40-/m0/s1. The zero-order valence-electron chi connectivity index (χ0n) is 32.4. The topological polar surface area (TPSA) is 205 Å². The highest BCUT2D eigenvalue weighted by Gasteiger charge is 2.32. The van der Waals surface area contributed by atoms with Crippen LogP contribution in [0.5, 0.6) is 0 Å². The molecule has 7 N–H and O–H groups in total. The largest absolute Gasteiger partial charge is 0.445 e. The number of ether oxygens (including phenoxy) is 1. The first-order valence-corrected chi connectivity index (χ1v) is 19.0. The minimum Gasteiger partial charge on any atom is -0.445 e. The number of aliphatic hydroxyl groups excluding tert-OH is 1. The first kappa shape index (κ1) is 42.5. The maximum absolute atomic E-state index is 13.9. The lowest BCUT2D eigenvalue weighted by atomic mass is 9.99. The van der Waals surface area contributed by atoms with Gasteiger partial charge in [-0.15, -0.1) is 0 Å². The Morgan fingerprint density at radius 3 is 1.97 bits per heavy atom. The van der Waals surface area contributed by atoms with E-state index in [4.69, 9.17) is 10.5 Å². The lowest BCUT2D eigenvalue weighted by Crippen LogP contribution is -2.59. The molecule has 302 valence electrons. The number of carbonyl (C=O) groups excluding carboxylic acids is 5. The smallest absolute Gasteiger partial charge is 0.408 e. The van der Waals surface area contributed by atoms with E-state index in [9.17, 15) is 29.1 Å². The predicted octanol–water partition coefficient (Wildman–Crippen LogP) is 3.78. The average Bonchev–Trinajstić information content (AvgIpc) is 3.22. The number of nitrogens with zero attached hydrogens (tertiary/aromatic N) is 2. The first-order chi connectivity index (χ1) is 27.9. The van der Waals surface area contributed by atoms with Crippen molar-refractivity contribution in [2.24, 2.45) is 11.7 Å². The summed E-state index contributed by atoms with van der Waals surface area (Å²) >= 11 is 0. The van der Waals surface area contributed by atoms with Crippen LogP contribution in [0.3, 0.4) is 0 Å². The van der Waals surface area contributed by atoms with E-state index in [1.807, 2.05) is 103 Å². The molecule has 0 bridgehead atoms. The van der Waals surface area contributed by atoms with Crippen molar-refractivity contribution >= 4 is 40.6 Å². The van der Waals surface area contributed by atoms with Crippen LogP contribution in [0.4, 0.5) is 4.79 Å². The fourth-order valence-corrected chi connectivity index (χ4v) is 6.23. The summed E-state index contributed by atoms with van der Waals surface area (Å²) in [5.74, 6) is -3.18. The maximum Gasteiger partial charge on any atom is 0.408 e. The van der Waals surface area contributed by atoms with Crippen LogP contribution in [0.1, 0.15) is 47.4 Å². The molecule has 0 spiro atoms. The van der Waals surface area contributed by atoms with Gasteiger partial charge in [0, 0.05) is 18.5 Å². The van der Waals surface area contributed by atoms with Crippen molar-refractivity contribution in [2.45, 2.75) is 64.1 Å². The molecule has 0 saturated heterocycles. The molecule has 1 heterocycles. The number of pyridine rings is 1. The zero-order valence-corrected chi connectivity index (χ0v) is 32.4. The molecule has 5 aromatic rings. The van der Waals surface area contributed by atoms with Gasteiger partial charge in [-0.05, 0) is 41.2 Å². The number of para-hydroxylation sites is 1. The maximum atomic E-state index is 13.9. The van der Waals surface area contributed by atoms with Gasteiger partial charge in [0.1, 0.15) is 24.4 Å². The molecule has 0 radical (unpaired) electrons. The van der Waals surface area contributed by atoms with Gasteiger partial charge in [-0.25, -0.2) is 14.8 Å². The van der Waals surface area contributed by atoms with Crippen molar-refractivity contribution in [3.63, 3.8) is 0 Å². The molecule has 0 saturated carbocycles. The zero-order chi connectivity index (χ0) is 41.4. The molecule has 1 aromatic heterocycles. The van der Waals surface area contributed by atoms with Crippen LogP contribution in [0.15, 0.2) is 127 Å². The number of amides is 5. The highest BCUT2D eigenvalue weighted by Crippen LogP contribution is 2.14. The van der Waals surface area contributed by atoms with Gasteiger partial charge in [-0.3, -0.25) is 24.6 Å². The van der Waals surface area contributed by atoms with E-state index in [1.165, 1.54) is 11.1 Å². The van der Waals surface area contributed by atoms with Crippen LogP contribution in [0.25, 0.3) is 10.9 Å². The van der Waals surface area contributed by atoms with Gasteiger partial charge in [0.2, 0.25) is 11.8 Å². The molecule has 14 heteroatoms. The lowest BCUT2D eigenvalue weighted by Gasteiger charge is -2.32. The van der Waals surface area contributed by atoms with Crippen molar-refractivity contribution in [3.05, 3.63) is 150 Å². The Hall–Kier alpha value is -6.64. The number of rotatable bonds is 19. The lowest BCUT2D eigenvalue weighted by molar-refractivity contribution is -0.131. The number of carbonyl (C=O) groups is 5. The quantitative estimate of drug-likeness (QED) is 0.0673. The first-order valence-electron chi connectivity index (χ1n) is 19.0. The number of aromatic nitrogens is 1. The number of nitrogens with one attached hydrogen (secondary N) is 4. The fraction of sp³-hybridized carbons (Fsp3) is 0.273. The van der Waals surface area contributed by atoms with E-state index in [1.54, 1.807) is 32.0 Å². The predicted molar refractivity (Wildman–Crippen MR) is 218 cm³/mol. The van der Waals surface area contributed by atoms with Crippen LogP contribution in [0.2, 0.25) is 0 Å². The molecule has 58 heavy (non-hydrogen) atoms. The molecular formula is C44H49N7O7. The van der Waals surface area contributed by atoms with E-state index < -0.39 is 60.4 Å². The number of hydrogen-bond donors (Lipinski definition) is 6. The molecule has 0 aliphatic heterocycles. The number of aliphatic hydroxyl groups is 1. The number of benzene rings is 4. The molecule has 5 rings (SSSR count). The third kappa shape index (κ3) is 13.0. The number of hydrogen-bond acceptors (Lipinski definition) is 9. The number of fused-ring (bicyclic) bond motifs is 1. The summed E-state index contributed by atoms with van der Waals surface area (Å²) < 4.78 is 5.38. The van der Waals surface area contributed by atoms with Crippen molar-refractivity contribution in [2.75, 3.05) is 6.54 Å². The Labute approximate surface area is 337 Å². The molecular weight excluding hydrogens is 739 g/mol. The number of alkyl carbamates (subject to hydrolysis) is 1. The summed E-state index contributed by atoms with van der Waals surface area (Å²) in [5, 5.41) is 22.3. The van der Waals surface area contributed by atoms with Gasteiger partial charge < -0.3 is 31.5 Å². The number of primary amides is 1. The van der Waals surface area contributed by atoms with Crippen LogP contribution >= 0.6 is 0 Å². The molecule has 0 aliphatic carbocycles. The normalized spacial score (nSPS) is 13.2.